The molecule has 1 aromatic rings. The van der Waals surface area contributed by atoms with Crippen molar-refractivity contribution in [2.24, 2.45) is 18.9 Å². The van der Waals surface area contributed by atoms with Crippen molar-refractivity contribution in [3.63, 3.8) is 0 Å². The maximum absolute atomic E-state index is 11.9. The molecule has 0 spiro atoms. The molecule has 2 N–H and O–H groups in total. The normalized spacial score (nSPS) is 28.6. The summed E-state index contributed by atoms with van der Waals surface area (Å²) >= 11 is 0. The van der Waals surface area contributed by atoms with Gasteiger partial charge in [-0.25, -0.2) is 4.79 Å². The Morgan fingerprint density at radius 1 is 1.58 bits per heavy atom. The smallest absolute Gasteiger partial charge is 0.315 e. The van der Waals surface area contributed by atoms with Crippen LogP contribution in [-0.2, 0) is 13.5 Å². The zero-order valence-electron chi connectivity index (χ0n) is 11.6. The fourth-order valence-corrected chi connectivity index (χ4v) is 2.97. The van der Waals surface area contributed by atoms with Gasteiger partial charge in [0.1, 0.15) is 0 Å². The fraction of sp³-hybridized carbons (Fsp3) is 0.714. The predicted octanol–water partition coefficient (Wildman–Crippen LogP) is 1.75. The van der Waals surface area contributed by atoms with Gasteiger partial charge >= 0.3 is 6.03 Å². The molecule has 3 unspecified atom stereocenters. The Morgan fingerprint density at radius 3 is 3.11 bits per heavy atom. The molecule has 2 aliphatic carbocycles. The molecule has 0 bridgehead atoms. The lowest BCUT2D eigenvalue weighted by molar-refractivity contribution is 0.235. The van der Waals surface area contributed by atoms with Gasteiger partial charge in [0.15, 0.2) is 0 Å². The molecule has 1 fully saturated rings. The van der Waals surface area contributed by atoms with E-state index in [1.54, 1.807) is 0 Å². The molecule has 3 atom stereocenters. The summed E-state index contributed by atoms with van der Waals surface area (Å²) in [5, 5.41) is 10.4. The van der Waals surface area contributed by atoms with E-state index in [2.05, 4.69) is 22.7 Å². The Hall–Kier alpha value is -1.52. The number of rotatable bonds is 3. The van der Waals surface area contributed by atoms with E-state index in [1.165, 1.54) is 17.7 Å². The minimum atomic E-state index is -0.0409. The monoisotopic (exact) mass is 262 g/mol. The second-order valence-corrected chi connectivity index (χ2v) is 5.94. The average molecular weight is 262 g/mol. The van der Waals surface area contributed by atoms with Gasteiger partial charge in [0.05, 0.1) is 12.2 Å². The van der Waals surface area contributed by atoms with Crippen molar-refractivity contribution in [2.75, 3.05) is 6.54 Å². The molecule has 3 rings (SSSR count). The highest BCUT2D eigenvalue weighted by Gasteiger charge is 2.32. The number of amides is 2. The maximum atomic E-state index is 11.9. The highest BCUT2D eigenvalue weighted by molar-refractivity contribution is 5.74. The second kappa shape index (κ2) is 4.87. The molecule has 0 aromatic carbocycles. The van der Waals surface area contributed by atoms with Gasteiger partial charge in [-0.2, -0.15) is 5.10 Å². The number of hydrogen-bond acceptors (Lipinski definition) is 2. The van der Waals surface area contributed by atoms with E-state index in [0.29, 0.717) is 5.92 Å². The average Bonchev–Trinajstić information content (AvgIpc) is 2.97. The van der Waals surface area contributed by atoms with E-state index in [1.807, 2.05) is 17.9 Å². The number of hydrogen-bond donors (Lipinski definition) is 2. The zero-order chi connectivity index (χ0) is 13.4. The summed E-state index contributed by atoms with van der Waals surface area (Å²) < 4.78 is 1.92. The summed E-state index contributed by atoms with van der Waals surface area (Å²) in [4.78, 5) is 11.9. The van der Waals surface area contributed by atoms with E-state index in [-0.39, 0.29) is 12.1 Å². The lowest BCUT2D eigenvalue weighted by Crippen LogP contribution is -2.40. The van der Waals surface area contributed by atoms with Crippen molar-refractivity contribution in [3.05, 3.63) is 17.5 Å². The van der Waals surface area contributed by atoms with Gasteiger partial charge in [-0.15, -0.1) is 0 Å². The largest absolute Gasteiger partial charge is 0.338 e. The molecule has 19 heavy (non-hydrogen) atoms. The fourth-order valence-electron chi connectivity index (χ4n) is 2.97. The predicted molar refractivity (Wildman–Crippen MR) is 72.7 cm³/mol. The van der Waals surface area contributed by atoms with Crippen molar-refractivity contribution in [1.82, 2.24) is 20.4 Å². The van der Waals surface area contributed by atoms with Crippen LogP contribution in [0.3, 0.4) is 0 Å². The standard InChI is InChI=1S/C14H22N4O/c1-9-6-10(9)7-15-14(19)17-12-4-3-5-13-11(12)8-16-18(13)2/h8-10,12H,3-7H2,1-2H3,(H2,15,17,19). The van der Waals surface area contributed by atoms with Crippen LogP contribution < -0.4 is 10.6 Å². The molecule has 0 saturated heterocycles. The third-order valence-corrected chi connectivity index (χ3v) is 4.48. The van der Waals surface area contributed by atoms with Gasteiger partial charge in [-0.05, 0) is 37.5 Å². The van der Waals surface area contributed by atoms with Gasteiger partial charge in [0.2, 0.25) is 0 Å². The molecular weight excluding hydrogens is 240 g/mol. The summed E-state index contributed by atoms with van der Waals surface area (Å²) in [6.45, 7) is 3.03. The number of aromatic nitrogens is 2. The maximum Gasteiger partial charge on any atom is 0.315 e. The Kier molecular flexibility index (Phi) is 3.21. The van der Waals surface area contributed by atoms with Crippen LogP contribution in [0.2, 0.25) is 0 Å². The van der Waals surface area contributed by atoms with Gasteiger partial charge in [-0.1, -0.05) is 6.92 Å². The first kappa shape index (κ1) is 12.5. The Balaban J connectivity index is 1.56. The van der Waals surface area contributed by atoms with Gasteiger partial charge in [0, 0.05) is 24.8 Å². The van der Waals surface area contributed by atoms with Crippen LogP contribution in [0.5, 0.6) is 0 Å². The first-order chi connectivity index (χ1) is 9.15. The molecule has 0 radical (unpaired) electrons. The van der Waals surface area contributed by atoms with Crippen molar-refractivity contribution in [2.45, 2.75) is 38.6 Å². The number of urea groups is 1. The van der Waals surface area contributed by atoms with Gasteiger partial charge < -0.3 is 10.6 Å². The van der Waals surface area contributed by atoms with Gasteiger partial charge in [0.25, 0.3) is 0 Å². The van der Waals surface area contributed by atoms with Crippen LogP contribution >= 0.6 is 0 Å². The summed E-state index contributed by atoms with van der Waals surface area (Å²) in [5.41, 5.74) is 2.44. The number of aryl methyl sites for hydroxylation is 1. The lowest BCUT2D eigenvalue weighted by Gasteiger charge is -2.24. The summed E-state index contributed by atoms with van der Waals surface area (Å²) in [6.07, 6.45) is 6.31. The first-order valence-electron chi connectivity index (χ1n) is 7.20. The van der Waals surface area contributed by atoms with E-state index in [4.69, 9.17) is 0 Å². The van der Waals surface area contributed by atoms with Crippen molar-refractivity contribution in [1.29, 1.82) is 0 Å². The minimum Gasteiger partial charge on any atom is -0.338 e. The summed E-state index contributed by atoms with van der Waals surface area (Å²) in [5.74, 6) is 1.46. The number of fused-ring (bicyclic) bond motifs is 1. The third kappa shape index (κ3) is 2.60. The molecule has 1 aromatic heterocycles. The molecule has 2 aliphatic rings. The van der Waals surface area contributed by atoms with Crippen LogP contribution in [-0.4, -0.2) is 22.4 Å². The third-order valence-electron chi connectivity index (χ3n) is 4.48. The van der Waals surface area contributed by atoms with E-state index < -0.39 is 0 Å². The Bertz CT molecular complexity index is 482. The van der Waals surface area contributed by atoms with Crippen LogP contribution in [0, 0.1) is 11.8 Å². The molecule has 0 aliphatic heterocycles. The lowest BCUT2D eigenvalue weighted by atomic mass is 9.93. The Morgan fingerprint density at radius 2 is 2.37 bits per heavy atom. The molecule has 2 amide bonds. The highest BCUT2D eigenvalue weighted by Crippen LogP contribution is 2.36. The van der Waals surface area contributed by atoms with Crippen LogP contribution in [0.15, 0.2) is 6.20 Å². The molecular formula is C14H22N4O. The van der Waals surface area contributed by atoms with Crippen molar-refractivity contribution >= 4 is 6.03 Å². The van der Waals surface area contributed by atoms with Crippen LogP contribution in [0.4, 0.5) is 4.79 Å². The van der Waals surface area contributed by atoms with Crippen LogP contribution in [0.1, 0.15) is 43.5 Å². The zero-order valence-corrected chi connectivity index (χ0v) is 11.6. The topological polar surface area (TPSA) is 59.0 Å². The molecule has 1 saturated carbocycles. The first-order valence-corrected chi connectivity index (χ1v) is 7.20. The van der Waals surface area contributed by atoms with Crippen molar-refractivity contribution < 1.29 is 4.79 Å². The number of carbonyl (C=O) groups excluding carboxylic acids is 1. The van der Waals surface area contributed by atoms with Gasteiger partial charge in [-0.3, -0.25) is 4.68 Å². The van der Waals surface area contributed by atoms with Crippen molar-refractivity contribution in [3.8, 4) is 0 Å². The summed E-state index contributed by atoms with van der Waals surface area (Å²) in [6, 6.07) is 0.0786. The number of carbonyl (C=O) groups is 1. The van der Waals surface area contributed by atoms with Crippen LogP contribution in [0.25, 0.3) is 0 Å². The Labute approximate surface area is 113 Å². The number of nitrogens with zero attached hydrogens (tertiary/aromatic N) is 2. The van der Waals surface area contributed by atoms with E-state index in [9.17, 15) is 4.79 Å². The number of nitrogens with one attached hydrogen (secondary N) is 2. The minimum absolute atomic E-state index is 0.0409. The van der Waals surface area contributed by atoms with E-state index >= 15 is 0 Å². The quantitative estimate of drug-likeness (QED) is 0.872. The highest BCUT2D eigenvalue weighted by atomic mass is 16.2. The summed E-state index contributed by atoms with van der Waals surface area (Å²) in [7, 11) is 1.97. The SMILES string of the molecule is CC1CC1CNC(=O)NC1CCCc2c1cnn2C. The second-order valence-electron chi connectivity index (χ2n) is 5.94. The molecule has 104 valence electrons. The molecule has 5 nitrogen and oxygen atoms in total. The molecule has 1 heterocycles. The molecule has 5 heteroatoms. The van der Waals surface area contributed by atoms with E-state index in [0.717, 1.165) is 31.7 Å².